The predicted molar refractivity (Wildman–Crippen MR) is 91.4 cm³/mol. The van der Waals surface area contributed by atoms with E-state index in [0.29, 0.717) is 0 Å². The van der Waals surface area contributed by atoms with E-state index in [1.807, 2.05) is 9.97 Å². The number of hydrogen-bond acceptors (Lipinski definition) is 7. The van der Waals surface area contributed by atoms with Gasteiger partial charge in [0, 0.05) is 18.0 Å². The Morgan fingerprint density at radius 3 is 2.50 bits per heavy atom. The van der Waals surface area contributed by atoms with Crippen LogP contribution in [-0.2, 0) is 4.74 Å². The van der Waals surface area contributed by atoms with Gasteiger partial charge in [-0.2, -0.15) is 0 Å². The molecule has 11 heteroatoms. The fourth-order valence-corrected chi connectivity index (χ4v) is 1.86. The van der Waals surface area contributed by atoms with Crippen LogP contribution in [0, 0.1) is 0 Å². The minimum absolute atomic E-state index is 0.0941. The van der Waals surface area contributed by atoms with Crippen molar-refractivity contribution >= 4 is 23.5 Å². The number of amides is 2. The maximum Gasteiger partial charge on any atom is 0.413 e. The zero-order chi connectivity index (χ0) is 19.5. The van der Waals surface area contributed by atoms with Crippen molar-refractivity contribution in [2.45, 2.75) is 26.4 Å². The van der Waals surface area contributed by atoms with Crippen LogP contribution in [0.1, 0.15) is 31.1 Å². The number of hydrogen-bond donors (Lipinski definition) is 5. The van der Waals surface area contributed by atoms with E-state index in [1.54, 1.807) is 20.8 Å². The predicted octanol–water partition coefficient (Wildman–Crippen LogP) is 0.763. The third-order valence-electron chi connectivity index (χ3n) is 2.80. The summed E-state index contributed by atoms with van der Waals surface area (Å²) in [5.41, 5.74) is -3.18. The maximum absolute atomic E-state index is 12.1. The molecule has 0 aliphatic heterocycles. The van der Waals surface area contributed by atoms with Crippen molar-refractivity contribution in [3.8, 4) is 5.88 Å². The van der Waals surface area contributed by atoms with Crippen LogP contribution in [0.25, 0.3) is 0 Å². The molecule has 2 heterocycles. The van der Waals surface area contributed by atoms with E-state index < -0.39 is 40.3 Å². The summed E-state index contributed by atoms with van der Waals surface area (Å²) >= 11 is 0. The van der Waals surface area contributed by atoms with Crippen molar-refractivity contribution in [1.82, 2.24) is 15.0 Å². The number of carbonyl (C=O) groups excluding carboxylic acids is 2. The van der Waals surface area contributed by atoms with Crippen LogP contribution in [0.3, 0.4) is 0 Å². The Labute approximate surface area is 146 Å². The first kappa shape index (κ1) is 18.7. The van der Waals surface area contributed by atoms with Crippen molar-refractivity contribution in [1.29, 1.82) is 0 Å². The highest BCUT2D eigenvalue weighted by atomic mass is 16.6. The number of aromatic hydroxyl groups is 1. The van der Waals surface area contributed by atoms with Gasteiger partial charge in [0.15, 0.2) is 5.56 Å². The first-order chi connectivity index (χ1) is 12.0. The molecule has 11 nitrogen and oxygen atoms in total. The Balaban J connectivity index is 2.16. The number of aromatic amines is 2. The van der Waals surface area contributed by atoms with E-state index >= 15 is 0 Å². The van der Waals surface area contributed by atoms with Gasteiger partial charge in [-0.3, -0.25) is 24.9 Å². The highest BCUT2D eigenvalue weighted by Gasteiger charge is 2.19. The number of pyridine rings is 1. The van der Waals surface area contributed by atoms with E-state index in [4.69, 9.17) is 4.74 Å². The number of ether oxygens (including phenoxy) is 1. The third kappa shape index (κ3) is 4.93. The molecule has 0 bridgehead atoms. The Morgan fingerprint density at radius 1 is 1.19 bits per heavy atom. The van der Waals surface area contributed by atoms with Gasteiger partial charge in [-0.05, 0) is 26.8 Å². The highest BCUT2D eigenvalue weighted by molar-refractivity contribution is 6.05. The molecule has 138 valence electrons. The monoisotopic (exact) mass is 363 g/mol. The molecular weight excluding hydrogens is 346 g/mol. The fraction of sp³-hybridized carbons (Fsp3) is 0.267. The molecule has 0 saturated carbocycles. The molecule has 5 N–H and O–H groups in total. The second kappa shape index (κ2) is 7.09. The average molecular weight is 363 g/mol. The summed E-state index contributed by atoms with van der Waals surface area (Å²) in [4.78, 5) is 54.2. The summed E-state index contributed by atoms with van der Waals surface area (Å²) in [5, 5.41) is 14.3. The molecule has 2 aromatic heterocycles. The number of nitrogens with one attached hydrogen (secondary N) is 4. The Kier molecular flexibility index (Phi) is 5.10. The third-order valence-corrected chi connectivity index (χ3v) is 2.80. The molecule has 0 aliphatic carbocycles. The minimum atomic E-state index is -1.05. The van der Waals surface area contributed by atoms with E-state index in [9.17, 15) is 24.3 Å². The molecule has 0 spiro atoms. The number of aromatic nitrogens is 3. The van der Waals surface area contributed by atoms with E-state index in [-0.39, 0.29) is 11.5 Å². The van der Waals surface area contributed by atoms with Crippen LogP contribution < -0.4 is 21.9 Å². The molecular formula is C15H17N5O6. The number of nitrogens with zero attached hydrogens (tertiary/aromatic N) is 1. The summed E-state index contributed by atoms with van der Waals surface area (Å²) in [6.45, 7) is 5.10. The molecule has 26 heavy (non-hydrogen) atoms. The molecule has 0 aromatic carbocycles. The number of rotatable bonds is 3. The van der Waals surface area contributed by atoms with Crippen molar-refractivity contribution in [3.63, 3.8) is 0 Å². The van der Waals surface area contributed by atoms with Gasteiger partial charge < -0.3 is 15.2 Å². The smallest absolute Gasteiger partial charge is 0.413 e. The van der Waals surface area contributed by atoms with Crippen molar-refractivity contribution in [2.75, 3.05) is 10.6 Å². The van der Waals surface area contributed by atoms with Crippen LogP contribution in [0.15, 0.2) is 27.9 Å². The first-order valence-electron chi connectivity index (χ1n) is 7.38. The number of anilines is 2. The van der Waals surface area contributed by atoms with Gasteiger partial charge in [-0.1, -0.05) is 0 Å². The normalized spacial score (nSPS) is 10.9. The lowest BCUT2D eigenvalue weighted by Crippen LogP contribution is -2.30. The highest BCUT2D eigenvalue weighted by Crippen LogP contribution is 2.16. The molecule has 0 fully saturated rings. The van der Waals surface area contributed by atoms with Crippen molar-refractivity contribution in [3.05, 3.63) is 44.7 Å². The summed E-state index contributed by atoms with van der Waals surface area (Å²) < 4.78 is 5.08. The molecule has 2 aromatic rings. The van der Waals surface area contributed by atoms with E-state index in [2.05, 4.69) is 15.6 Å². The first-order valence-corrected chi connectivity index (χ1v) is 7.38. The second-order valence-corrected chi connectivity index (χ2v) is 6.14. The van der Waals surface area contributed by atoms with Gasteiger partial charge >= 0.3 is 11.8 Å². The Bertz CT molecular complexity index is 956. The largest absolute Gasteiger partial charge is 0.494 e. The van der Waals surface area contributed by atoms with E-state index in [0.717, 1.165) is 0 Å². The molecule has 0 saturated heterocycles. The lowest BCUT2D eigenvalue weighted by molar-refractivity contribution is 0.0635. The fourth-order valence-electron chi connectivity index (χ4n) is 1.86. The zero-order valence-electron chi connectivity index (χ0n) is 14.2. The maximum atomic E-state index is 12.1. The number of carbonyl (C=O) groups is 2. The Morgan fingerprint density at radius 2 is 1.88 bits per heavy atom. The molecule has 2 rings (SSSR count). The minimum Gasteiger partial charge on any atom is -0.494 e. The molecule has 0 atom stereocenters. The van der Waals surface area contributed by atoms with Crippen LogP contribution in [0.2, 0.25) is 0 Å². The van der Waals surface area contributed by atoms with Gasteiger partial charge in [0.1, 0.15) is 11.4 Å². The molecule has 0 unspecified atom stereocenters. The molecule has 2 amide bonds. The molecule has 0 radical (unpaired) electrons. The van der Waals surface area contributed by atoms with Gasteiger partial charge in [-0.15, -0.1) is 0 Å². The van der Waals surface area contributed by atoms with E-state index in [1.165, 1.54) is 18.3 Å². The zero-order valence-corrected chi connectivity index (χ0v) is 14.2. The van der Waals surface area contributed by atoms with Crippen molar-refractivity contribution in [2.24, 2.45) is 0 Å². The number of H-pyrrole nitrogens is 2. The van der Waals surface area contributed by atoms with Crippen LogP contribution in [0.5, 0.6) is 5.88 Å². The Hall–Kier alpha value is -3.63. The van der Waals surface area contributed by atoms with Gasteiger partial charge in [-0.25, -0.2) is 14.6 Å². The van der Waals surface area contributed by atoms with Gasteiger partial charge in [0.25, 0.3) is 11.5 Å². The summed E-state index contributed by atoms with van der Waals surface area (Å²) in [7, 11) is 0. The molecule has 0 aliphatic rings. The second-order valence-electron chi connectivity index (χ2n) is 6.14. The van der Waals surface area contributed by atoms with Gasteiger partial charge in [0.2, 0.25) is 5.88 Å². The van der Waals surface area contributed by atoms with Crippen LogP contribution in [0.4, 0.5) is 16.3 Å². The topological polar surface area (TPSA) is 166 Å². The SMILES string of the molecule is CC(C)(C)OC(=O)Nc1cc(NC(=O)c2c(O)[nH]c(=O)[nH]c2=O)ccn1. The van der Waals surface area contributed by atoms with Crippen LogP contribution >= 0.6 is 0 Å². The quantitative estimate of drug-likeness (QED) is 0.536. The standard InChI is InChI=1S/C15H17N5O6/c1-15(2,3)26-14(25)18-8-6-7(4-5-16-8)17-10(21)9-11(22)19-13(24)20-12(9)23/h4-6H,1-3H3,(H2,16,17,18,21,25)(H3,19,20,22,23,24). The lowest BCUT2D eigenvalue weighted by atomic mass is 10.2. The summed E-state index contributed by atoms with van der Waals surface area (Å²) in [6.07, 6.45) is 0.572. The van der Waals surface area contributed by atoms with Crippen molar-refractivity contribution < 1.29 is 19.4 Å². The van der Waals surface area contributed by atoms with Crippen LogP contribution in [-0.4, -0.2) is 37.7 Å². The lowest BCUT2D eigenvalue weighted by Gasteiger charge is -2.19. The average Bonchev–Trinajstić information content (AvgIpc) is 2.43. The van der Waals surface area contributed by atoms with Gasteiger partial charge in [0.05, 0.1) is 0 Å². The summed E-state index contributed by atoms with van der Waals surface area (Å²) in [6, 6.07) is 2.72. The summed E-state index contributed by atoms with van der Waals surface area (Å²) in [5.74, 6) is -1.73.